The molecule has 1 aliphatic heterocycles. The lowest BCUT2D eigenvalue weighted by Gasteiger charge is -2.18. The third-order valence-electron chi connectivity index (χ3n) is 3.43. The van der Waals surface area contributed by atoms with Crippen molar-refractivity contribution in [1.82, 2.24) is 0 Å². The van der Waals surface area contributed by atoms with Gasteiger partial charge in [-0.15, -0.1) is 0 Å². The highest BCUT2D eigenvalue weighted by atomic mass is 16.5. The summed E-state index contributed by atoms with van der Waals surface area (Å²) >= 11 is 0. The zero-order valence-electron chi connectivity index (χ0n) is 10.7. The number of carboxylic acid groups (broad SMARTS) is 1. The molecule has 1 atom stereocenters. The van der Waals surface area contributed by atoms with Gasteiger partial charge >= 0.3 is 5.97 Å². The van der Waals surface area contributed by atoms with Crippen LogP contribution in [0.15, 0.2) is 42.0 Å². The molecule has 20 heavy (non-hydrogen) atoms. The van der Waals surface area contributed by atoms with Crippen molar-refractivity contribution in [1.29, 1.82) is 0 Å². The van der Waals surface area contributed by atoms with E-state index in [1.807, 2.05) is 18.2 Å². The Morgan fingerprint density at radius 2 is 2.25 bits per heavy atom. The van der Waals surface area contributed by atoms with Gasteiger partial charge < -0.3 is 14.9 Å². The van der Waals surface area contributed by atoms with E-state index in [4.69, 9.17) is 9.84 Å². The lowest BCUT2D eigenvalue weighted by Crippen LogP contribution is -2.29. The molecule has 0 spiro atoms. The second-order valence-electron chi connectivity index (χ2n) is 4.80. The number of carbonyl (C=O) groups is 1. The number of ether oxygens (including phenoxy) is 1. The number of aromatic hydroxyl groups is 1. The molecule has 0 aromatic heterocycles. The molecule has 0 saturated carbocycles. The number of benzene rings is 1. The van der Waals surface area contributed by atoms with Crippen molar-refractivity contribution in [2.45, 2.75) is 12.5 Å². The molecule has 0 bridgehead atoms. The van der Waals surface area contributed by atoms with E-state index >= 15 is 0 Å². The van der Waals surface area contributed by atoms with E-state index in [2.05, 4.69) is 0 Å². The first-order valence-corrected chi connectivity index (χ1v) is 6.40. The van der Waals surface area contributed by atoms with Gasteiger partial charge in [0.25, 0.3) is 0 Å². The molecule has 1 unspecified atom stereocenters. The minimum absolute atomic E-state index is 0.0423. The fraction of sp³-hybridized carbons (Fsp3) is 0.188. The summed E-state index contributed by atoms with van der Waals surface area (Å²) in [5.41, 5.74) is 1.51. The van der Waals surface area contributed by atoms with Crippen molar-refractivity contribution in [3.8, 4) is 5.75 Å². The van der Waals surface area contributed by atoms with E-state index < -0.39 is 5.97 Å². The maximum Gasteiger partial charge on any atom is 0.307 e. The van der Waals surface area contributed by atoms with Crippen molar-refractivity contribution in [2.75, 3.05) is 6.61 Å². The average molecular weight is 270 g/mol. The molecule has 4 nitrogen and oxygen atoms in total. The first-order chi connectivity index (χ1) is 9.65. The molecule has 1 heterocycles. The number of fused-ring (bicyclic) bond motifs is 2. The number of rotatable bonds is 2. The highest BCUT2D eigenvalue weighted by Gasteiger charge is 2.19. The molecular weight excluding hydrogens is 256 g/mol. The van der Waals surface area contributed by atoms with Crippen LogP contribution in [0.25, 0.3) is 11.6 Å². The monoisotopic (exact) mass is 270 g/mol. The first-order valence-electron chi connectivity index (χ1n) is 6.40. The fourth-order valence-electron chi connectivity index (χ4n) is 2.57. The van der Waals surface area contributed by atoms with Crippen molar-refractivity contribution in [3.63, 3.8) is 0 Å². The van der Waals surface area contributed by atoms with Gasteiger partial charge in [-0.1, -0.05) is 36.4 Å². The molecule has 1 aromatic carbocycles. The van der Waals surface area contributed by atoms with Gasteiger partial charge in [-0.3, -0.25) is 4.79 Å². The third-order valence-corrected chi connectivity index (χ3v) is 3.43. The Balaban J connectivity index is 2.25. The van der Waals surface area contributed by atoms with Gasteiger partial charge in [0.05, 0.1) is 13.0 Å². The lowest BCUT2D eigenvalue weighted by atomic mass is 9.95. The molecule has 0 radical (unpaired) electrons. The van der Waals surface area contributed by atoms with Crippen LogP contribution in [0.2, 0.25) is 0 Å². The van der Waals surface area contributed by atoms with Crippen LogP contribution < -0.4 is 10.4 Å². The zero-order valence-corrected chi connectivity index (χ0v) is 10.7. The first kappa shape index (κ1) is 12.7. The second-order valence-corrected chi connectivity index (χ2v) is 4.80. The van der Waals surface area contributed by atoms with E-state index in [0.717, 1.165) is 16.0 Å². The number of hydrogen-bond donors (Lipinski definition) is 2. The molecule has 1 aliphatic carbocycles. The predicted octanol–water partition coefficient (Wildman–Crippen LogP) is 0.693. The Bertz CT molecular complexity index is 740. The zero-order chi connectivity index (χ0) is 14.1. The smallest absolute Gasteiger partial charge is 0.307 e. The fourth-order valence-corrected chi connectivity index (χ4v) is 2.57. The van der Waals surface area contributed by atoms with E-state index in [-0.39, 0.29) is 18.3 Å². The molecule has 1 aromatic rings. The SMILES string of the molecule is O=C(O)CC1=CC2=c3c(O)cccc3=CCOC2C=C1. The number of hydrogen-bond acceptors (Lipinski definition) is 3. The summed E-state index contributed by atoms with van der Waals surface area (Å²) in [4.78, 5) is 10.8. The summed E-state index contributed by atoms with van der Waals surface area (Å²) in [7, 11) is 0. The molecule has 3 rings (SSSR count). The van der Waals surface area contributed by atoms with Crippen LogP contribution in [0.3, 0.4) is 0 Å². The quantitative estimate of drug-likeness (QED) is 0.830. The van der Waals surface area contributed by atoms with Gasteiger partial charge in [-0.2, -0.15) is 0 Å². The lowest BCUT2D eigenvalue weighted by molar-refractivity contribution is -0.136. The number of phenols is 1. The number of phenolic OH excluding ortho intramolecular Hbond substituents is 1. The maximum absolute atomic E-state index is 10.8. The highest BCUT2D eigenvalue weighted by molar-refractivity contribution is 5.76. The van der Waals surface area contributed by atoms with Gasteiger partial charge in [-0.25, -0.2) is 0 Å². The van der Waals surface area contributed by atoms with Crippen molar-refractivity contribution in [3.05, 3.63) is 52.4 Å². The summed E-state index contributed by atoms with van der Waals surface area (Å²) in [5.74, 6) is -0.691. The van der Waals surface area contributed by atoms with Crippen LogP contribution in [0.5, 0.6) is 5.75 Å². The van der Waals surface area contributed by atoms with E-state index in [1.165, 1.54) is 0 Å². The molecule has 0 fully saturated rings. The summed E-state index contributed by atoms with van der Waals surface area (Å²) in [6.07, 6.45) is 7.03. The van der Waals surface area contributed by atoms with Gasteiger partial charge in [0.1, 0.15) is 11.9 Å². The summed E-state index contributed by atoms with van der Waals surface area (Å²) in [6.45, 7) is 0.455. The standard InChI is InChI=1S/C16H14O4/c17-13-3-1-2-11-6-7-20-14-5-4-10(9-15(18)19)8-12(14)16(11)13/h1-6,8,14,17H,7,9H2,(H,18,19). The number of allylic oxidation sites excluding steroid dienone is 1. The molecule has 0 saturated heterocycles. The number of carboxylic acids is 1. The minimum atomic E-state index is -0.876. The minimum Gasteiger partial charge on any atom is -0.507 e. The molecule has 4 heteroatoms. The Kier molecular flexibility index (Phi) is 3.16. The van der Waals surface area contributed by atoms with Crippen LogP contribution in [0.4, 0.5) is 0 Å². The molecule has 102 valence electrons. The molecule has 0 amide bonds. The summed E-state index contributed by atoms with van der Waals surface area (Å²) in [6, 6.07) is 5.33. The average Bonchev–Trinajstić information content (AvgIpc) is 2.58. The summed E-state index contributed by atoms with van der Waals surface area (Å²) in [5, 5.41) is 20.6. The van der Waals surface area contributed by atoms with Gasteiger partial charge in [0.2, 0.25) is 0 Å². The Labute approximate surface area is 115 Å². The van der Waals surface area contributed by atoms with Gasteiger partial charge in [0.15, 0.2) is 0 Å². The molecule has 2 aliphatic rings. The van der Waals surface area contributed by atoms with Crippen molar-refractivity contribution < 1.29 is 19.7 Å². The van der Waals surface area contributed by atoms with Gasteiger partial charge in [-0.05, 0) is 22.4 Å². The topological polar surface area (TPSA) is 66.8 Å². The van der Waals surface area contributed by atoms with Crippen LogP contribution in [0.1, 0.15) is 6.42 Å². The van der Waals surface area contributed by atoms with Crippen LogP contribution in [-0.4, -0.2) is 28.9 Å². The Morgan fingerprint density at radius 1 is 1.40 bits per heavy atom. The van der Waals surface area contributed by atoms with Gasteiger partial charge in [0, 0.05) is 5.22 Å². The molecule has 2 N–H and O–H groups in total. The number of aliphatic carboxylic acids is 1. The maximum atomic E-state index is 10.8. The van der Waals surface area contributed by atoms with Crippen LogP contribution in [-0.2, 0) is 9.53 Å². The Morgan fingerprint density at radius 3 is 3.05 bits per heavy atom. The van der Waals surface area contributed by atoms with Crippen molar-refractivity contribution in [2.24, 2.45) is 0 Å². The Hall–Kier alpha value is -2.33. The van der Waals surface area contributed by atoms with E-state index in [1.54, 1.807) is 24.3 Å². The third kappa shape index (κ3) is 2.26. The highest BCUT2D eigenvalue weighted by Crippen LogP contribution is 2.23. The van der Waals surface area contributed by atoms with Crippen molar-refractivity contribution >= 4 is 17.6 Å². The summed E-state index contributed by atoms with van der Waals surface area (Å²) < 4.78 is 5.72. The van der Waals surface area contributed by atoms with Crippen LogP contribution in [0, 0.1) is 0 Å². The predicted molar refractivity (Wildman–Crippen MR) is 74.4 cm³/mol. The van der Waals surface area contributed by atoms with E-state index in [0.29, 0.717) is 12.2 Å². The van der Waals surface area contributed by atoms with E-state index in [9.17, 15) is 9.90 Å². The van der Waals surface area contributed by atoms with Crippen LogP contribution >= 0.6 is 0 Å². The largest absolute Gasteiger partial charge is 0.507 e. The normalized spacial score (nSPS) is 20.3. The molecular formula is C16H14O4. The second kappa shape index (κ2) is 4.98.